The van der Waals surface area contributed by atoms with Gasteiger partial charge in [0.25, 0.3) is 0 Å². The van der Waals surface area contributed by atoms with Crippen LogP contribution in [0.5, 0.6) is 0 Å². The van der Waals surface area contributed by atoms with Crippen LogP contribution in [0, 0.1) is 6.92 Å². The van der Waals surface area contributed by atoms with Crippen LogP contribution in [0.1, 0.15) is 35.6 Å². The summed E-state index contributed by atoms with van der Waals surface area (Å²) in [6, 6.07) is 10.1. The molecule has 0 unspecified atom stereocenters. The Morgan fingerprint density at radius 1 is 1.16 bits per heavy atom. The van der Waals surface area contributed by atoms with Gasteiger partial charge in [0.05, 0.1) is 20.5 Å². The summed E-state index contributed by atoms with van der Waals surface area (Å²) in [4.78, 5) is 20.0. The number of thiazole rings is 1. The third-order valence-electron chi connectivity index (χ3n) is 5.65. The monoisotopic (exact) mass is 494 g/mol. The van der Waals surface area contributed by atoms with E-state index in [9.17, 15) is 13.2 Å². The van der Waals surface area contributed by atoms with Gasteiger partial charge in [-0.2, -0.15) is 0 Å². The average Bonchev–Trinajstić information content (AvgIpc) is 3.49. The van der Waals surface area contributed by atoms with E-state index in [2.05, 4.69) is 10.3 Å². The number of aryl methyl sites for hydroxylation is 1. The van der Waals surface area contributed by atoms with Crippen molar-refractivity contribution in [3.8, 4) is 10.6 Å². The Bertz CT molecular complexity index is 1180. The molecule has 2 aromatic heterocycles. The van der Waals surface area contributed by atoms with E-state index in [1.807, 2.05) is 24.4 Å². The minimum Gasteiger partial charge on any atom is -0.354 e. The Labute approximate surface area is 195 Å². The molecular formula is C22H23ClN2O3S3. The van der Waals surface area contributed by atoms with E-state index < -0.39 is 20.5 Å². The number of carbonyl (C=O) groups excluding carboxylic acids is 1. The van der Waals surface area contributed by atoms with Gasteiger partial charge in [-0.05, 0) is 62.6 Å². The zero-order chi connectivity index (χ0) is 22.1. The summed E-state index contributed by atoms with van der Waals surface area (Å²) in [5.74, 6) is -0.396. The van der Waals surface area contributed by atoms with Crippen LogP contribution in [0.2, 0.25) is 5.02 Å². The zero-order valence-electron chi connectivity index (χ0n) is 17.1. The molecule has 0 aliphatic heterocycles. The van der Waals surface area contributed by atoms with Crippen molar-refractivity contribution < 1.29 is 13.2 Å². The predicted molar refractivity (Wildman–Crippen MR) is 127 cm³/mol. The SMILES string of the molecule is Cc1nc(-c2ccc(CCNC(=O)C3(S(=O)(=O)c4ccc(Cl)cc4)CCCC3)s2)cs1. The number of amides is 1. The second-order valence-corrected chi connectivity index (χ2v) is 12.6. The first-order chi connectivity index (χ1) is 14.8. The number of sulfone groups is 1. The van der Waals surface area contributed by atoms with Crippen molar-refractivity contribution in [2.75, 3.05) is 6.54 Å². The second-order valence-electron chi connectivity index (χ2n) is 7.68. The van der Waals surface area contributed by atoms with E-state index >= 15 is 0 Å². The van der Waals surface area contributed by atoms with E-state index in [1.165, 1.54) is 12.1 Å². The lowest BCUT2D eigenvalue weighted by atomic mass is 10.1. The molecule has 31 heavy (non-hydrogen) atoms. The molecule has 4 rings (SSSR count). The van der Waals surface area contributed by atoms with Crippen LogP contribution >= 0.6 is 34.3 Å². The molecule has 1 aromatic carbocycles. The standard InChI is InChI=1S/C22H23ClN2O3S3/c1-15-25-19(14-29-15)20-9-6-17(30-20)10-13-24-21(26)22(11-2-3-12-22)31(27,28)18-7-4-16(23)5-8-18/h4-9,14H,2-3,10-13H2,1H3,(H,24,26). The second kappa shape index (κ2) is 9.02. The highest BCUT2D eigenvalue weighted by Crippen LogP contribution is 2.41. The van der Waals surface area contributed by atoms with Crippen molar-refractivity contribution >= 4 is 50.0 Å². The van der Waals surface area contributed by atoms with Crippen LogP contribution in [0.4, 0.5) is 0 Å². The largest absolute Gasteiger partial charge is 0.354 e. The Morgan fingerprint density at radius 2 is 1.87 bits per heavy atom. The van der Waals surface area contributed by atoms with Crippen molar-refractivity contribution in [1.29, 1.82) is 0 Å². The maximum Gasteiger partial charge on any atom is 0.241 e. The van der Waals surface area contributed by atoms with Crippen LogP contribution in [0.15, 0.2) is 46.7 Å². The van der Waals surface area contributed by atoms with Crippen molar-refractivity contribution in [3.05, 3.63) is 56.7 Å². The van der Waals surface area contributed by atoms with Crippen molar-refractivity contribution in [2.45, 2.75) is 48.7 Å². The average molecular weight is 495 g/mol. The number of benzene rings is 1. The number of hydrogen-bond donors (Lipinski definition) is 1. The molecule has 5 nitrogen and oxygen atoms in total. The van der Waals surface area contributed by atoms with Gasteiger partial charge in [0.15, 0.2) is 14.6 Å². The van der Waals surface area contributed by atoms with Crippen LogP contribution in [0.3, 0.4) is 0 Å². The van der Waals surface area contributed by atoms with Crippen LogP contribution in [0.25, 0.3) is 10.6 Å². The molecule has 1 aliphatic rings. The molecule has 1 saturated carbocycles. The lowest BCUT2D eigenvalue weighted by Crippen LogP contribution is -2.51. The zero-order valence-corrected chi connectivity index (χ0v) is 20.3. The summed E-state index contributed by atoms with van der Waals surface area (Å²) >= 11 is 9.18. The van der Waals surface area contributed by atoms with E-state index in [4.69, 9.17) is 11.6 Å². The van der Waals surface area contributed by atoms with Gasteiger partial charge in [-0.3, -0.25) is 4.79 Å². The van der Waals surface area contributed by atoms with Crippen LogP contribution in [-0.2, 0) is 21.1 Å². The number of thiophene rings is 1. The molecule has 0 atom stereocenters. The van der Waals surface area contributed by atoms with Gasteiger partial charge >= 0.3 is 0 Å². The lowest BCUT2D eigenvalue weighted by Gasteiger charge is -2.27. The molecule has 1 amide bonds. The van der Waals surface area contributed by atoms with E-state index in [1.54, 1.807) is 34.8 Å². The van der Waals surface area contributed by atoms with Crippen LogP contribution in [-0.4, -0.2) is 30.6 Å². The summed E-state index contributed by atoms with van der Waals surface area (Å²) < 4.78 is 25.4. The molecule has 0 bridgehead atoms. The van der Waals surface area contributed by atoms with E-state index in [0.29, 0.717) is 30.8 Å². The number of aromatic nitrogens is 1. The quantitative estimate of drug-likeness (QED) is 0.485. The fourth-order valence-corrected chi connectivity index (χ4v) is 7.86. The van der Waals surface area contributed by atoms with E-state index in [0.717, 1.165) is 33.3 Å². The summed E-state index contributed by atoms with van der Waals surface area (Å²) in [5, 5.41) is 6.44. The maximum atomic E-state index is 13.4. The summed E-state index contributed by atoms with van der Waals surface area (Å²) in [6.07, 6.45) is 2.78. The van der Waals surface area contributed by atoms with Crippen molar-refractivity contribution in [2.24, 2.45) is 0 Å². The highest BCUT2D eigenvalue weighted by atomic mass is 35.5. The van der Waals surface area contributed by atoms with Gasteiger partial charge in [-0.25, -0.2) is 13.4 Å². The molecule has 3 aromatic rings. The van der Waals surface area contributed by atoms with Crippen LogP contribution < -0.4 is 5.32 Å². The van der Waals surface area contributed by atoms with Gasteiger partial charge in [0.2, 0.25) is 5.91 Å². The van der Waals surface area contributed by atoms with Crippen molar-refractivity contribution in [3.63, 3.8) is 0 Å². The Morgan fingerprint density at radius 3 is 2.52 bits per heavy atom. The molecule has 0 saturated heterocycles. The molecule has 1 aliphatic carbocycles. The minimum atomic E-state index is -3.82. The topological polar surface area (TPSA) is 76.1 Å². The molecule has 0 radical (unpaired) electrons. The highest BCUT2D eigenvalue weighted by Gasteiger charge is 2.52. The first-order valence-corrected chi connectivity index (χ1v) is 13.7. The third kappa shape index (κ3) is 4.44. The van der Waals surface area contributed by atoms with Gasteiger partial charge in [0, 0.05) is 21.8 Å². The lowest BCUT2D eigenvalue weighted by molar-refractivity contribution is -0.123. The van der Waals surface area contributed by atoms with Gasteiger partial charge in [-0.1, -0.05) is 24.4 Å². The van der Waals surface area contributed by atoms with Gasteiger partial charge < -0.3 is 5.32 Å². The third-order valence-corrected chi connectivity index (χ3v) is 10.4. The fraction of sp³-hybridized carbons (Fsp3) is 0.364. The van der Waals surface area contributed by atoms with E-state index in [-0.39, 0.29) is 4.90 Å². The molecule has 1 N–H and O–H groups in total. The molecule has 0 spiro atoms. The summed E-state index contributed by atoms with van der Waals surface area (Å²) in [6.45, 7) is 2.38. The highest BCUT2D eigenvalue weighted by molar-refractivity contribution is 7.93. The number of carbonyl (C=O) groups is 1. The molecule has 164 valence electrons. The maximum absolute atomic E-state index is 13.4. The van der Waals surface area contributed by atoms with Gasteiger partial charge in [0.1, 0.15) is 0 Å². The Hall–Kier alpha value is -1.74. The number of hydrogen-bond acceptors (Lipinski definition) is 6. The molecular weight excluding hydrogens is 472 g/mol. The Kier molecular flexibility index (Phi) is 6.53. The normalized spacial score (nSPS) is 15.8. The molecule has 1 fully saturated rings. The first-order valence-electron chi connectivity index (χ1n) is 10.1. The minimum absolute atomic E-state index is 0.149. The Balaban J connectivity index is 1.45. The molecule has 9 heteroatoms. The first kappa shape index (κ1) is 22.5. The summed E-state index contributed by atoms with van der Waals surface area (Å²) in [5.41, 5.74) is 0.974. The van der Waals surface area contributed by atoms with Gasteiger partial charge in [-0.15, -0.1) is 22.7 Å². The smallest absolute Gasteiger partial charge is 0.241 e. The number of nitrogens with zero attached hydrogens (tertiary/aromatic N) is 1. The number of halogens is 1. The number of rotatable bonds is 7. The van der Waals surface area contributed by atoms with Crippen molar-refractivity contribution in [1.82, 2.24) is 10.3 Å². The molecule has 2 heterocycles. The predicted octanol–water partition coefficient (Wildman–Crippen LogP) is 5.28. The summed E-state index contributed by atoms with van der Waals surface area (Å²) in [7, 11) is -3.82. The number of nitrogens with one attached hydrogen (secondary N) is 1. The fourth-order valence-electron chi connectivity index (χ4n) is 3.99.